The van der Waals surface area contributed by atoms with Crippen molar-refractivity contribution >= 4 is 11.8 Å². The Hall–Kier alpha value is -2.08. The summed E-state index contributed by atoms with van der Waals surface area (Å²) in [6, 6.07) is 7.95. The van der Waals surface area contributed by atoms with Crippen molar-refractivity contribution < 1.29 is 14.3 Å². The van der Waals surface area contributed by atoms with Crippen molar-refractivity contribution in [2.45, 2.75) is 44.2 Å². The van der Waals surface area contributed by atoms with Crippen molar-refractivity contribution in [3.63, 3.8) is 0 Å². The minimum Gasteiger partial charge on any atom is -0.490 e. The first kappa shape index (κ1) is 16.4. The summed E-state index contributed by atoms with van der Waals surface area (Å²) in [5, 5.41) is 2.64. The van der Waals surface area contributed by atoms with Crippen LogP contribution in [-0.2, 0) is 4.79 Å². The quantitative estimate of drug-likeness (QED) is 0.902. The molecule has 4 rings (SSSR count). The molecule has 6 heteroatoms. The second kappa shape index (κ2) is 7.04. The Morgan fingerprint density at radius 2 is 1.80 bits per heavy atom. The molecule has 0 aromatic heterocycles. The maximum atomic E-state index is 12.3. The van der Waals surface area contributed by atoms with E-state index in [0.717, 1.165) is 18.6 Å². The van der Waals surface area contributed by atoms with Gasteiger partial charge in [0, 0.05) is 24.4 Å². The van der Waals surface area contributed by atoms with E-state index in [4.69, 9.17) is 4.74 Å². The second-order valence-corrected chi connectivity index (χ2v) is 7.25. The first-order chi connectivity index (χ1) is 12.2. The monoisotopic (exact) mass is 343 g/mol. The molecule has 3 fully saturated rings. The van der Waals surface area contributed by atoms with Gasteiger partial charge in [0.15, 0.2) is 0 Å². The number of piperidine rings is 1. The van der Waals surface area contributed by atoms with Crippen LogP contribution in [0.1, 0.15) is 42.5 Å². The number of hydrogen-bond donors (Lipinski definition) is 1. The molecule has 0 atom stereocenters. The van der Waals surface area contributed by atoms with E-state index in [1.54, 1.807) is 12.1 Å². The van der Waals surface area contributed by atoms with Crippen LogP contribution in [0.3, 0.4) is 0 Å². The summed E-state index contributed by atoms with van der Waals surface area (Å²) in [4.78, 5) is 27.6. The molecule has 134 valence electrons. The van der Waals surface area contributed by atoms with Crippen molar-refractivity contribution in [3.05, 3.63) is 29.8 Å². The molecule has 0 bridgehead atoms. The SMILES string of the molecule is O=C1CN(C(=O)c2ccc(O[C@H]3C[C@H](N4CCCCC4)C3)cc2)CN1. The Balaban J connectivity index is 1.27. The van der Waals surface area contributed by atoms with E-state index in [-0.39, 0.29) is 31.1 Å². The van der Waals surface area contributed by atoms with Gasteiger partial charge in [-0.1, -0.05) is 6.42 Å². The van der Waals surface area contributed by atoms with Gasteiger partial charge in [0.1, 0.15) is 18.4 Å². The van der Waals surface area contributed by atoms with Crippen molar-refractivity contribution in [3.8, 4) is 5.75 Å². The van der Waals surface area contributed by atoms with Gasteiger partial charge in [-0.05, 0) is 50.2 Å². The maximum Gasteiger partial charge on any atom is 0.255 e. The number of amides is 2. The first-order valence-electron chi connectivity index (χ1n) is 9.26. The lowest BCUT2D eigenvalue weighted by molar-refractivity contribution is -0.118. The minimum absolute atomic E-state index is 0.110. The van der Waals surface area contributed by atoms with Crippen LogP contribution in [0.5, 0.6) is 5.75 Å². The summed E-state index contributed by atoms with van der Waals surface area (Å²) in [5.41, 5.74) is 0.587. The molecule has 6 nitrogen and oxygen atoms in total. The molecule has 3 aliphatic rings. The predicted octanol–water partition coefficient (Wildman–Crippen LogP) is 1.61. The number of likely N-dealkylation sites (tertiary alicyclic amines) is 1. The van der Waals surface area contributed by atoms with Gasteiger partial charge in [-0.3, -0.25) is 9.59 Å². The van der Waals surface area contributed by atoms with Gasteiger partial charge in [0.2, 0.25) is 5.91 Å². The summed E-state index contributed by atoms with van der Waals surface area (Å²) in [6.07, 6.45) is 6.51. The highest BCUT2D eigenvalue weighted by Gasteiger charge is 2.35. The molecule has 0 radical (unpaired) electrons. The van der Waals surface area contributed by atoms with Gasteiger partial charge in [-0.25, -0.2) is 0 Å². The van der Waals surface area contributed by atoms with Crippen molar-refractivity contribution in [1.82, 2.24) is 15.1 Å². The van der Waals surface area contributed by atoms with Gasteiger partial charge in [-0.2, -0.15) is 0 Å². The number of nitrogens with one attached hydrogen (secondary N) is 1. The van der Waals surface area contributed by atoms with Crippen LogP contribution in [0, 0.1) is 0 Å². The van der Waals surface area contributed by atoms with E-state index in [0.29, 0.717) is 11.6 Å². The first-order valence-corrected chi connectivity index (χ1v) is 9.26. The highest BCUT2D eigenvalue weighted by molar-refractivity contribution is 5.98. The third kappa shape index (κ3) is 3.63. The zero-order chi connectivity index (χ0) is 17.2. The zero-order valence-corrected chi connectivity index (χ0v) is 14.4. The predicted molar refractivity (Wildman–Crippen MR) is 93.4 cm³/mol. The molecular formula is C19H25N3O3. The Kier molecular flexibility index (Phi) is 4.61. The summed E-state index contributed by atoms with van der Waals surface area (Å²) in [6.45, 7) is 2.90. The average Bonchev–Trinajstić information content (AvgIpc) is 3.05. The number of rotatable bonds is 4. The van der Waals surface area contributed by atoms with Crippen LogP contribution >= 0.6 is 0 Å². The fraction of sp³-hybridized carbons (Fsp3) is 0.579. The van der Waals surface area contributed by atoms with Gasteiger partial charge >= 0.3 is 0 Å². The van der Waals surface area contributed by atoms with Crippen LogP contribution < -0.4 is 10.1 Å². The normalized spacial score (nSPS) is 26.9. The topological polar surface area (TPSA) is 61.9 Å². The fourth-order valence-corrected chi connectivity index (χ4v) is 3.88. The summed E-state index contributed by atoms with van der Waals surface area (Å²) >= 11 is 0. The summed E-state index contributed by atoms with van der Waals surface area (Å²) < 4.78 is 6.03. The molecule has 25 heavy (non-hydrogen) atoms. The molecular weight excluding hydrogens is 318 g/mol. The molecule has 0 unspecified atom stereocenters. The smallest absolute Gasteiger partial charge is 0.255 e. The van der Waals surface area contributed by atoms with E-state index in [2.05, 4.69) is 10.2 Å². The number of ether oxygens (including phenoxy) is 1. The van der Waals surface area contributed by atoms with Gasteiger partial charge in [0.25, 0.3) is 5.91 Å². The standard InChI is InChI=1S/C19H25N3O3/c23-18-12-22(13-20-18)19(24)14-4-6-16(7-5-14)25-17-10-15(11-17)21-8-2-1-3-9-21/h4-7,15,17H,1-3,8-13H2,(H,20,23)/t15-,17-. The number of benzene rings is 1. The molecule has 1 aliphatic carbocycles. The Bertz CT molecular complexity index is 634. The Morgan fingerprint density at radius 1 is 1.08 bits per heavy atom. The number of nitrogens with zero attached hydrogens (tertiary/aromatic N) is 2. The average molecular weight is 343 g/mol. The molecule has 2 heterocycles. The maximum absolute atomic E-state index is 12.3. The van der Waals surface area contributed by atoms with Crippen LogP contribution in [0.15, 0.2) is 24.3 Å². The van der Waals surface area contributed by atoms with Crippen LogP contribution in [0.2, 0.25) is 0 Å². The molecule has 1 aromatic carbocycles. The fourth-order valence-electron chi connectivity index (χ4n) is 3.88. The van der Waals surface area contributed by atoms with Crippen molar-refractivity contribution in [1.29, 1.82) is 0 Å². The van der Waals surface area contributed by atoms with Gasteiger partial charge < -0.3 is 19.9 Å². The van der Waals surface area contributed by atoms with Crippen LogP contribution in [-0.4, -0.2) is 60.1 Å². The van der Waals surface area contributed by atoms with E-state index >= 15 is 0 Å². The van der Waals surface area contributed by atoms with E-state index < -0.39 is 0 Å². The van der Waals surface area contributed by atoms with E-state index in [1.165, 1.54) is 37.3 Å². The van der Waals surface area contributed by atoms with Crippen LogP contribution in [0.25, 0.3) is 0 Å². The van der Waals surface area contributed by atoms with Crippen molar-refractivity contribution in [2.75, 3.05) is 26.3 Å². The lowest BCUT2D eigenvalue weighted by Gasteiger charge is -2.44. The second-order valence-electron chi connectivity index (χ2n) is 7.25. The third-order valence-electron chi connectivity index (χ3n) is 5.47. The van der Waals surface area contributed by atoms with Crippen molar-refractivity contribution in [2.24, 2.45) is 0 Å². The molecule has 2 aliphatic heterocycles. The summed E-state index contributed by atoms with van der Waals surface area (Å²) in [5.74, 6) is 0.578. The lowest BCUT2D eigenvalue weighted by Crippen LogP contribution is -2.50. The molecule has 1 saturated carbocycles. The molecule has 2 saturated heterocycles. The highest BCUT2D eigenvalue weighted by atomic mass is 16.5. The van der Waals surface area contributed by atoms with Crippen LogP contribution in [0.4, 0.5) is 0 Å². The van der Waals surface area contributed by atoms with Gasteiger partial charge in [-0.15, -0.1) is 0 Å². The van der Waals surface area contributed by atoms with E-state index in [1.807, 2.05) is 12.1 Å². The molecule has 2 amide bonds. The third-order valence-corrected chi connectivity index (χ3v) is 5.47. The number of carbonyl (C=O) groups is 2. The largest absolute Gasteiger partial charge is 0.490 e. The Labute approximate surface area is 148 Å². The lowest BCUT2D eigenvalue weighted by atomic mass is 9.86. The summed E-state index contributed by atoms with van der Waals surface area (Å²) in [7, 11) is 0. The molecule has 1 N–H and O–H groups in total. The van der Waals surface area contributed by atoms with Gasteiger partial charge in [0.05, 0.1) is 6.67 Å². The molecule has 0 spiro atoms. The Morgan fingerprint density at radius 3 is 2.44 bits per heavy atom. The number of hydrogen-bond acceptors (Lipinski definition) is 4. The van der Waals surface area contributed by atoms with E-state index in [9.17, 15) is 9.59 Å². The molecule has 1 aromatic rings. The zero-order valence-electron chi connectivity index (χ0n) is 14.4. The number of carbonyl (C=O) groups excluding carboxylic acids is 2. The highest BCUT2D eigenvalue weighted by Crippen LogP contribution is 2.31. The minimum atomic E-state index is -0.126.